The van der Waals surface area contributed by atoms with Crippen molar-refractivity contribution in [2.45, 2.75) is 25.3 Å². The van der Waals surface area contributed by atoms with Gasteiger partial charge in [-0.25, -0.2) is 5.10 Å². The van der Waals surface area contributed by atoms with E-state index in [1.165, 1.54) is 10.6 Å². The highest BCUT2D eigenvalue weighted by molar-refractivity contribution is 5.74. The van der Waals surface area contributed by atoms with E-state index in [-0.39, 0.29) is 17.2 Å². The Kier molecular flexibility index (Phi) is 4.38. The molecular formula is C17H22N8O2. The maximum atomic E-state index is 12.5. The van der Waals surface area contributed by atoms with Gasteiger partial charge in [0.15, 0.2) is 5.65 Å². The Bertz CT molecular complexity index is 1060. The Balaban J connectivity index is 1.58. The molecule has 4 heterocycles. The summed E-state index contributed by atoms with van der Waals surface area (Å²) in [7, 11) is 3.47. The second-order valence-corrected chi connectivity index (χ2v) is 6.81. The van der Waals surface area contributed by atoms with Crippen LogP contribution in [0, 0.1) is 0 Å². The molecule has 0 saturated carbocycles. The summed E-state index contributed by atoms with van der Waals surface area (Å²) >= 11 is 0. The minimum absolute atomic E-state index is 0.126. The summed E-state index contributed by atoms with van der Waals surface area (Å²) in [6.07, 6.45) is 4.74. The number of aromatic nitrogens is 6. The number of anilines is 2. The van der Waals surface area contributed by atoms with Gasteiger partial charge in [0.05, 0.1) is 6.20 Å². The van der Waals surface area contributed by atoms with Gasteiger partial charge in [-0.05, 0) is 25.3 Å². The van der Waals surface area contributed by atoms with E-state index in [2.05, 4.69) is 30.5 Å². The first kappa shape index (κ1) is 17.3. The normalized spacial score (nSPS) is 17.4. The molecule has 142 valence electrons. The molecule has 0 amide bonds. The first-order chi connectivity index (χ1) is 13.0. The Hall–Kier alpha value is -3.17. The summed E-state index contributed by atoms with van der Waals surface area (Å²) in [5, 5.41) is 14.6. The zero-order valence-electron chi connectivity index (χ0n) is 15.3. The summed E-state index contributed by atoms with van der Waals surface area (Å²) in [6.45, 7) is 1.49. The van der Waals surface area contributed by atoms with Crippen LogP contribution in [0.4, 0.5) is 11.8 Å². The number of hydrogen-bond acceptors (Lipinski definition) is 7. The number of aromatic amines is 1. The quantitative estimate of drug-likeness (QED) is 0.675. The molecule has 0 bridgehead atoms. The van der Waals surface area contributed by atoms with Gasteiger partial charge >= 0.3 is 0 Å². The summed E-state index contributed by atoms with van der Waals surface area (Å²) in [4.78, 5) is 30.5. The average molecular weight is 370 g/mol. The topological polar surface area (TPSA) is 114 Å². The van der Waals surface area contributed by atoms with Crippen LogP contribution in [0.3, 0.4) is 0 Å². The lowest BCUT2D eigenvalue weighted by Crippen LogP contribution is -2.45. The molecule has 10 heteroatoms. The standard InChI is InChI=1S/C17H22N8O2/c1-23-16(27)12-10-19-24(2)15(12)20-17(23)18-9-11-5-3-4-8-25(11)13-6-7-14(26)22-21-13/h6-7,10-11H,3-5,8-9H2,1-2H3,(H,18,20)(H,22,26). The highest BCUT2D eigenvalue weighted by Gasteiger charge is 2.24. The van der Waals surface area contributed by atoms with Gasteiger partial charge < -0.3 is 10.2 Å². The smallest absolute Gasteiger partial charge is 0.265 e. The second kappa shape index (κ2) is 6.86. The van der Waals surface area contributed by atoms with Crippen molar-refractivity contribution in [3.8, 4) is 0 Å². The van der Waals surface area contributed by atoms with Gasteiger partial charge in [-0.2, -0.15) is 15.2 Å². The fourth-order valence-electron chi connectivity index (χ4n) is 3.55. The van der Waals surface area contributed by atoms with Gasteiger partial charge in [0.25, 0.3) is 11.1 Å². The van der Waals surface area contributed by atoms with E-state index in [1.54, 1.807) is 31.0 Å². The van der Waals surface area contributed by atoms with Crippen LogP contribution in [0.25, 0.3) is 11.0 Å². The molecule has 1 unspecified atom stereocenters. The summed E-state index contributed by atoms with van der Waals surface area (Å²) in [6, 6.07) is 3.42. The minimum Gasteiger partial charge on any atom is -0.353 e. The molecule has 3 aromatic heterocycles. The first-order valence-corrected chi connectivity index (χ1v) is 8.99. The molecule has 1 saturated heterocycles. The molecule has 3 aromatic rings. The molecule has 0 spiro atoms. The lowest BCUT2D eigenvalue weighted by atomic mass is 10.0. The summed E-state index contributed by atoms with van der Waals surface area (Å²) in [5.74, 6) is 1.26. The van der Waals surface area contributed by atoms with Gasteiger partial charge in [0, 0.05) is 39.3 Å². The van der Waals surface area contributed by atoms with Crippen molar-refractivity contribution >= 4 is 22.8 Å². The van der Waals surface area contributed by atoms with Crippen molar-refractivity contribution in [2.24, 2.45) is 14.1 Å². The van der Waals surface area contributed by atoms with E-state index in [1.807, 2.05) is 0 Å². The van der Waals surface area contributed by atoms with E-state index in [0.717, 1.165) is 31.6 Å². The number of hydrogen-bond donors (Lipinski definition) is 2. The number of rotatable bonds is 4. The Morgan fingerprint density at radius 2 is 2.11 bits per heavy atom. The predicted octanol–water partition coefficient (Wildman–Crippen LogP) is 0.221. The van der Waals surface area contributed by atoms with Crippen LogP contribution in [-0.4, -0.2) is 48.7 Å². The molecule has 1 aliphatic heterocycles. The van der Waals surface area contributed by atoms with E-state index in [4.69, 9.17) is 0 Å². The molecule has 1 fully saturated rings. The van der Waals surface area contributed by atoms with Gasteiger partial charge in [-0.3, -0.25) is 18.8 Å². The van der Waals surface area contributed by atoms with Crippen LogP contribution in [-0.2, 0) is 14.1 Å². The molecule has 2 N–H and O–H groups in total. The zero-order valence-corrected chi connectivity index (χ0v) is 15.3. The number of nitrogens with one attached hydrogen (secondary N) is 2. The van der Waals surface area contributed by atoms with Crippen molar-refractivity contribution in [1.29, 1.82) is 0 Å². The van der Waals surface area contributed by atoms with E-state index < -0.39 is 0 Å². The van der Waals surface area contributed by atoms with Crippen molar-refractivity contribution in [3.05, 3.63) is 39.0 Å². The molecule has 1 atom stereocenters. The monoisotopic (exact) mass is 370 g/mol. The summed E-state index contributed by atoms with van der Waals surface area (Å²) in [5.41, 5.74) is 0.218. The largest absolute Gasteiger partial charge is 0.353 e. The number of H-pyrrole nitrogens is 1. The highest BCUT2D eigenvalue weighted by atomic mass is 16.1. The lowest BCUT2D eigenvalue weighted by Gasteiger charge is -2.36. The highest BCUT2D eigenvalue weighted by Crippen LogP contribution is 2.22. The molecule has 4 rings (SSSR count). The van der Waals surface area contributed by atoms with Crippen LogP contribution < -0.4 is 21.3 Å². The Morgan fingerprint density at radius 3 is 2.89 bits per heavy atom. The third kappa shape index (κ3) is 3.18. The van der Waals surface area contributed by atoms with Crippen LogP contribution in [0.15, 0.2) is 27.9 Å². The van der Waals surface area contributed by atoms with Crippen molar-refractivity contribution in [1.82, 2.24) is 29.5 Å². The van der Waals surface area contributed by atoms with Gasteiger partial charge in [0.1, 0.15) is 11.2 Å². The second-order valence-electron chi connectivity index (χ2n) is 6.81. The molecular weight excluding hydrogens is 348 g/mol. The maximum absolute atomic E-state index is 12.5. The molecule has 1 aliphatic rings. The summed E-state index contributed by atoms with van der Waals surface area (Å²) < 4.78 is 3.11. The number of nitrogens with zero attached hydrogens (tertiary/aromatic N) is 6. The lowest BCUT2D eigenvalue weighted by molar-refractivity contribution is 0.466. The van der Waals surface area contributed by atoms with E-state index >= 15 is 0 Å². The fraction of sp³-hybridized carbons (Fsp3) is 0.471. The Labute approximate surface area is 154 Å². The predicted molar refractivity (Wildman–Crippen MR) is 102 cm³/mol. The Morgan fingerprint density at radius 1 is 1.26 bits per heavy atom. The van der Waals surface area contributed by atoms with E-state index in [9.17, 15) is 9.59 Å². The van der Waals surface area contributed by atoms with Gasteiger partial charge in [-0.1, -0.05) is 0 Å². The van der Waals surface area contributed by atoms with Crippen molar-refractivity contribution in [2.75, 3.05) is 23.3 Å². The zero-order chi connectivity index (χ0) is 19.0. The van der Waals surface area contributed by atoms with Crippen LogP contribution >= 0.6 is 0 Å². The van der Waals surface area contributed by atoms with Crippen LogP contribution in [0.2, 0.25) is 0 Å². The molecule has 27 heavy (non-hydrogen) atoms. The van der Waals surface area contributed by atoms with Crippen LogP contribution in [0.1, 0.15) is 19.3 Å². The average Bonchev–Trinajstić information content (AvgIpc) is 3.05. The van der Waals surface area contributed by atoms with E-state index in [0.29, 0.717) is 23.5 Å². The first-order valence-electron chi connectivity index (χ1n) is 8.99. The number of piperidine rings is 1. The van der Waals surface area contributed by atoms with Gasteiger partial charge in [-0.15, -0.1) is 0 Å². The molecule has 0 aliphatic carbocycles. The number of aryl methyl sites for hydroxylation is 1. The van der Waals surface area contributed by atoms with Crippen molar-refractivity contribution < 1.29 is 0 Å². The molecule has 10 nitrogen and oxygen atoms in total. The third-order valence-electron chi connectivity index (χ3n) is 5.05. The molecule has 0 aromatic carbocycles. The van der Waals surface area contributed by atoms with Gasteiger partial charge in [0.2, 0.25) is 5.95 Å². The fourth-order valence-corrected chi connectivity index (χ4v) is 3.55. The SMILES string of the molecule is Cn1c(NCC2CCCCN2c2ccc(=O)[nH]n2)nc2c(cnn2C)c1=O. The molecule has 0 radical (unpaired) electrons. The van der Waals surface area contributed by atoms with Crippen LogP contribution in [0.5, 0.6) is 0 Å². The van der Waals surface area contributed by atoms with Crippen molar-refractivity contribution in [3.63, 3.8) is 0 Å². The number of fused-ring (bicyclic) bond motifs is 1. The maximum Gasteiger partial charge on any atom is 0.265 e. The minimum atomic E-state index is -0.214. The third-order valence-corrected chi connectivity index (χ3v) is 5.05.